The highest BCUT2D eigenvalue weighted by atomic mass is 32.2. The van der Waals surface area contributed by atoms with Crippen molar-refractivity contribution in [2.45, 2.75) is 18.6 Å². The Morgan fingerprint density at radius 1 is 1.47 bits per heavy atom. The summed E-state index contributed by atoms with van der Waals surface area (Å²) in [4.78, 5) is 10.3. The second-order valence-corrected chi connectivity index (χ2v) is 4.66. The lowest BCUT2D eigenvalue weighted by Crippen LogP contribution is -1.98. The van der Waals surface area contributed by atoms with Gasteiger partial charge in [-0.1, -0.05) is 12.1 Å². The molecular weight excluding hydrogens is 215 g/mol. The van der Waals surface area contributed by atoms with Gasteiger partial charge in [-0.25, -0.2) is 4.39 Å². The van der Waals surface area contributed by atoms with Gasteiger partial charge in [-0.15, -0.1) is 0 Å². The number of hydrogen-bond acceptors (Lipinski definition) is 2. The molecule has 1 unspecified atom stereocenters. The molecule has 1 aromatic rings. The zero-order valence-electron chi connectivity index (χ0n) is 8.44. The van der Waals surface area contributed by atoms with Crippen molar-refractivity contribution >= 4 is 17.7 Å². The summed E-state index contributed by atoms with van der Waals surface area (Å²) < 4.78 is 12.6. The molecule has 0 aliphatic rings. The van der Waals surface area contributed by atoms with E-state index in [0.29, 0.717) is 5.75 Å². The fraction of sp³-hybridized carbons (Fsp3) is 0.364. The van der Waals surface area contributed by atoms with E-state index < -0.39 is 5.97 Å². The van der Waals surface area contributed by atoms with Crippen LogP contribution in [0.5, 0.6) is 0 Å². The Kier molecular flexibility index (Phi) is 4.62. The van der Waals surface area contributed by atoms with Crippen molar-refractivity contribution in [3.63, 3.8) is 0 Å². The molecule has 2 nitrogen and oxygen atoms in total. The van der Waals surface area contributed by atoms with E-state index in [9.17, 15) is 9.18 Å². The van der Waals surface area contributed by atoms with Gasteiger partial charge in [0.2, 0.25) is 0 Å². The van der Waals surface area contributed by atoms with E-state index in [1.807, 2.05) is 6.92 Å². The third kappa shape index (κ3) is 4.34. The Labute approximate surface area is 92.5 Å². The molecule has 0 aliphatic carbocycles. The highest BCUT2D eigenvalue weighted by molar-refractivity contribution is 7.99. The summed E-state index contributed by atoms with van der Waals surface area (Å²) >= 11 is 1.56. The molecule has 0 saturated heterocycles. The highest BCUT2D eigenvalue weighted by Crippen LogP contribution is 2.28. The standard InChI is InChI=1S/C11H13FO2S/c1-8(15-7-6-11(13)14)9-2-4-10(12)5-3-9/h2-5,8H,6-7H2,1H3,(H,13,14). The normalized spacial score (nSPS) is 12.4. The third-order valence-electron chi connectivity index (χ3n) is 2.02. The lowest BCUT2D eigenvalue weighted by Gasteiger charge is -2.10. The molecule has 0 amide bonds. The first-order valence-corrected chi connectivity index (χ1v) is 5.73. The predicted molar refractivity (Wildman–Crippen MR) is 59.5 cm³/mol. The predicted octanol–water partition coefficient (Wildman–Crippen LogP) is 3.09. The number of carboxylic acid groups (broad SMARTS) is 1. The number of aliphatic carboxylic acids is 1. The maximum atomic E-state index is 12.6. The first kappa shape index (κ1) is 12.0. The lowest BCUT2D eigenvalue weighted by atomic mass is 10.2. The maximum absolute atomic E-state index is 12.6. The number of halogens is 1. The lowest BCUT2D eigenvalue weighted by molar-refractivity contribution is -0.136. The molecule has 0 heterocycles. The van der Waals surface area contributed by atoms with E-state index in [4.69, 9.17) is 5.11 Å². The smallest absolute Gasteiger partial charge is 0.304 e. The topological polar surface area (TPSA) is 37.3 Å². The SMILES string of the molecule is CC(SCCC(=O)O)c1ccc(F)cc1. The Morgan fingerprint density at radius 3 is 2.60 bits per heavy atom. The maximum Gasteiger partial charge on any atom is 0.304 e. The number of rotatable bonds is 5. The van der Waals surface area contributed by atoms with Crippen LogP contribution in [0.3, 0.4) is 0 Å². The van der Waals surface area contributed by atoms with E-state index in [2.05, 4.69) is 0 Å². The number of carboxylic acids is 1. The molecule has 1 aromatic carbocycles. The summed E-state index contributed by atoms with van der Waals surface area (Å²) in [6, 6.07) is 6.30. The Balaban J connectivity index is 2.43. The largest absolute Gasteiger partial charge is 0.481 e. The average molecular weight is 228 g/mol. The second kappa shape index (κ2) is 5.75. The average Bonchev–Trinajstić information content (AvgIpc) is 2.18. The summed E-state index contributed by atoms with van der Waals surface area (Å²) in [7, 11) is 0. The molecule has 15 heavy (non-hydrogen) atoms. The minimum atomic E-state index is -0.784. The number of carbonyl (C=O) groups is 1. The number of hydrogen-bond donors (Lipinski definition) is 1. The second-order valence-electron chi connectivity index (χ2n) is 3.21. The van der Waals surface area contributed by atoms with Crippen LogP contribution in [0.1, 0.15) is 24.2 Å². The van der Waals surface area contributed by atoms with Crippen LogP contribution >= 0.6 is 11.8 Å². The number of thioether (sulfide) groups is 1. The van der Waals surface area contributed by atoms with Crippen LogP contribution in [0, 0.1) is 5.82 Å². The molecule has 1 N–H and O–H groups in total. The zero-order chi connectivity index (χ0) is 11.3. The quantitative estimate of drug-likeness (QED) is 0.841. The van der Waals surface area contributed by atoms with Crippen molar-refractivity contribution < 1.29 is 14.3 Å². The number of benzene rings is 1. The van der Waals surface area contributed by atoms with Gasteiger partial charge in [-0.2, -0.15) is 11.8 Å². The van der Waals surface area contributed by atoms with Gasteiger partial charge < -0.3 is 5.11 Å². The molecular formula is C11H13FO2S. The van der Waals surface area contributed by atoms with E-state index >= 15 is 0 Å². The van der Waals surface area contributed by atoms with Crippen LogP contribution in [0.2, 0.25) is 0 Å². The van der Waals surface area contributed by atoms with Gasteiger partial charge in [0.25, 0.3) is 0 Å². The first-order valence-electron chi connectivity index (χ1n) is 4.68. The molecule has 0 aliphatic heterocycles. The molecule has 0 spiro atoms. The van der Waals surface area contributed by atoms with E-state index in [0.717, 1.165) is 5.56 Å². The highest BCUT2D eigenvalue weighted by Gasteiger charge is 2.06. The van der Waals surface area contributed by atoms with Gasteiger partial charge in [-0.3, -0.25) is 4.79 Å². The van der Waals surface area contributed by atoms with Crippen molar-refractivity contribution in [1.82, 2.24) is 0 Å². The molecule has 0 bridgehead atoms. The molecule has 0 fully saturated rings. The van der Waals surface area contributed by atoms with Crippen LogP contribution in [-0.2, 0) is 4.79 Å². The van der Waals surface area contributed by atoms with Crippen molar-refractivity contribution in [3.8, 4) is 0 Å². The van der Waals surface area contributed by atoms with E-state index in [1.165, 1.54) is 12.1 Å². The zero-order valence-corrected chi connectivity index (χ0v) is 9.26. The molecule has 0 radical (unpaired) electrons. The monoisotopic (exact) mass is 228 g/mol. The van der Waals surface area contributed by atoms with Crippen molar-refractivity contribution in [2.24, 2.45) is 0 Å². The van der Waals surface area contributed by atoms with Gasteiger partial charge in [-0.05, 0) is 24.6 Å². The van der Waals surface area contributed by atoms with Crippen molar-refractivity contribution in [1.29, 1.82) is 0 Å². The van der Waals surface area contributed by atoms with E-state index in [-0.39, 0.29) is 17.5 Å². The van der Waals surface area contributed by atoms with Crippen LogP contribution in [-0.4, -0.2) is 16.8 Å². The van der Waals surface area contributed by atoms with Crippen LogP contribution < -0.4 is 0 Å². The van der Waals surface area contributed by atoms with Crippen LogP contribution in [0.25, 0.3) is 0 Å². The first-order chi connectivity index (χ1) is 7.09. The Hall–Kier alpha value is -1.03. The minimum absolute atomic E-state index is 0.163. The summed E-state index contributed by atoms with van der Waals surface area (Å²) in [5.74, 6) is -0.455. The molecule has 0 saturated carbocycles. The summed E-state index contributed by atoms with van der Waals surface area (Å²) in [6.07, 6.45) is 0.163. The van der Waals surface area contributed by atoms with Gasteiger partial charge >= 0.3 is 5.97 Å². The van der Waals surface area contributed by atoms with E-state index in [1.54, 1.807) is 23.9 Å². The summed E-state index contributed by atoms with van der Waals surface area (Å²) in [5.41, 5.74) is 1.02. The Morgan fingerprint density at radius 2 is 2.07 bits per heavy atom. The summed E-state index contributed by atoms with van der Waals surface area (Å²) in [5, 5.41) is 8.67. The molecule has 0 aromatic heterocycles. The van der Waals surface area contributed by atoms with Crippen molar-refractivity contribution in [2.75, 3.05) is 5.75 Å². The fourth-order valence-corrected chi connectivity index (χ4v) is 2.15. The van der Waals surface area contributed by atoms with Gasteiger partial charge in [0.05, 0.1) is 6.42 Å². The van der Waals surface area contributed by atoms with Crippen LogP contribution in [0.15, 0.2) is 24.3 Å². The van der Waals surface area contributed by atoms with Gasteiger partial charge in [0.15, 0.2) is 0 Å². The summed E-state index contributed by atoms with van der Waals surface area (Å²) in [6.45, 7) is 1.99. The minimum Gasteiger partial charge on any atom is -0.481 e. The molecule has 1 rings (SSSR count). The molecule has 4 heteroatoms. The van der Waals surface area contributed by atoms with Crippen molar-refractivity contribution in [3.05, 3.63) is 35.6 Å². The van der Waals surface area contributed by atoms with Gasteiger partial charge in [0, 0.05) is 11.0 Å². The van der Waals surface area contributed by atoms with Gasteiger partial charge in [0.1, 0.15) is 5.82 Å². The Bertz CT molecular complexity index is 324. The molecule has 1 atom stereocenters. The van der Waals surface area contributed by atoms with Crippen LogP contribution in [0.4, 0.5) is 4.39 Å². The third-order valence-corrected chi connectivity index (χ3v) is 3.24. The molecule has 82 valence electrons. The fourth-order valence-electron chi connectivity index (χ4n) is 1.15.